The van der Waals surface area contributed by atoms with Crippen LogP contribution in [-0.4, -0.2) is 28.8 Å². The van der Waals surface area contributed by atoms with Gasteiger partial charge in [-0.25, -0.2) is 4.79 Å². The summed E-state index contributed by atoms with van der Waals surface area (Å²) in [5, 5.41) is 23.1. The summed E-state index contributed by atoms with van der Waals surface area (Å²) < 4.78 is 0. The molecule has 0 radical (unpaired) electrons. The van der Waals surface area contributed by atoms with Crippen LogP contribution in [0.4, 0.5) is 4.79 Å². The van der Waals surface area contributed by atoms with E-state index >= 15 is 0 Å². The minimum atomic E-state index is -0.870. The third-order valence-electron chi connectivity index (χ3n) is 2.77. The highest BCUT2D eigenvalue weighted by Crippen LogP contribution is 2.12. The van der Waals surface area contributed by atoms with E-state index in [1.165, 1.54) is 0 Å². The number of benzene rings is 1. The van der Waals surface area contributed by atoms with E-state index in [1.807, 2.05) is 24.3 Å². The molecule has 0 bridgehead atoms. The lowest BCUT2D eigenvalue weighted by Gasteiger charge is -2.09. The first-order chi connectivity index (χ1) is 9.49. The van der Waals surface area contributed by atoms with Crippen LogP contribution >= 0.6 is 0 Å². The Morgan fingerprint density at radius 2 is 1.85 bits per heavy atom. The van der Waals surface area contributed by atoms with Crippen molar-refractivity contribution in [2.45, 2.75) is 32.4 Å². The highest BCUT2D eigenvalue weighted by atomic mass is 16.4. The quantitative estimate of drug-likeness (QED) is 0.567. The van der Waals surface area contributed by atoms with Crippen LogP contribution in [0, 0.1) is 0 Å². The Hall–Kier alpha value is -2.08. The van der Waals surface area contributed by atoms with Crippen molar-refractivity contribution in [3.63, 3.8) is 0 Å². The second kappa shape index (κ2) is 8.16. The minimum Gasteiger partial charge on any atom is -0.481 e. The molecule has 4 N–H and O–H groups in total. The lowest BCUT2D eigenvalue weighted by molar-refractivity contribution is -0.137. The summed E-state index contributed by atoms with van der Waals surface area (Å²) in [7, 11) is 0. The van der Waals surface area contributed by atoms with Gasteiger partial charge in [-0.2, -0.15) is 0 Å². The van der Waals surface area contributed by atoms with E-state index < -0.39 is 12.1 Å². The van der Waals surface area contributed by atoms with Crippen LogP contribution in [0.25, 0.3) is 0 Å². The number of aliphatic carboxylic acids is 1. The monoisotopic (exact) mass is 280 g/mol. The van der Waals surface area contributed by atoms with Gasteiger partial charge in [-0.3, -0.25) is 4.79 Å². The molecule has 0 saturated carbocycles. The van der Waals surface area contributed by atoms with Crippen LogP contribution in [-0.2, 0) is 11.3 Å². The van der Waals surface area contributed by atoms with Crippen LogP contribution in [0.1, 0.15) is 37.0 Å². The highest BCUT2D eigenvalue weighted by molar-refractivity contribution is 5.73. The van der Waals surface area contributed by atoms with Gasteiger partial charge in [0.2, 0.25) is 0 Å². The van der Waals surface area contributed by atoms with Gasteiger partial charge in [-0.1, -0.05) is 24.3 Å². The fourth-order valence-corrected chi connectivity index (χ4v) is 1.60. The second-order valence-corrected chi connectivity index (χ2v) is 4.52. The van der Waals surface area contributed by atoms with E-state index in [2.05, 4.69) is 10.6 Å². The number of aliphatic hydroxyl groups excluding tert-OH is 1. The maximum atomic E-state index is 11.4. The first-order valence-electron chi connectivity index (χ1n) is 6.49. The molecule has 0 spiro atoms. The van der Waals surface area contributed by atoms with Gasteiger partial charge in [-0.05, 0) is 24.5 Å². The van der Waals surface area contributed by atoms with E-state index in [4.69, 9.17) is 5.11 Å². The van der Waals surface area contributed by atoms with Gasteiger partial charge >= 0.3 is 12.0 Å². The zero-order chi connectivity index (χ0) is 15.0. The third kappa shape index (κ3) is 6.19. The smallest absolute Gasteiger partial charge is 0.315 e. The molecule has 1 aromatic rings. The molecule has 0 aliphatic heterocycles. The number of carboxylic acid groups (broad SMARTS) is 1. The van der Waals surface area contributed by atoms with Crippen molar-refractivity contribution in [2.24, 2.45) is 0 Å². The number of hydrogen-bond donors (Lipinski definition) is 4. The summed E-state index contributed by atoms with van der Waals surface area (Å²) >= 11 is 0. The van der Waals surface area contributed by atoms with Crippen molar-refractivity contribution in [1.29, 1.82) is 0 Å². The standard InChI is InChI=1S/C14H20N2O4/c1-10(17)12-6-4-11(5-7-12)9-16-14(20)15-8-2-3-13(18)19/h4-7,10,17H,2-3,8-9H2,1H3,(H,18,19)(H2,15,16,20). The Morgan fingerprint density at radius 3 is 2.40 bits per heavy atom. The first-order valence-corrected chi connectivity index (χ1v) is 6.49. The number of urea groups is 1. The molecular formula is C14H20N2O4. The van der Waals surface area contributed by atoms with Crippen molar-refractivity contribution >= 4 is 12.0 Å². The van der Waals surface area contributed by atoms with E-state index in [1.54, 1.807) is 6.92 Å². The van der Waals surface area contributed by atoms with Gasteiger partial charge in [0.25, 0.3) is 0 Å². The third-order valence-corrected chi connectivity index (χ3v) is 2.77. The molecule has 0 fully saturated rings. The Bertz CT molecular complexity index is 443. The van der Waals surface area contributed by atoms with Crippen molar-refractivity contribution in [3.05, 3.63) is 35.4 Å². The molecule has 2 amide bonds. The molecule has 0 saturated heterocycles. The molecule has 0 heterocycles. The fourth-order valence-electron chi connectivity index (χ4n) is 1.60. The number of carbonyl (C=O) groups excluding carboxylic acids is 1. The lowest BCUT2D eigenvalue weighted by atomic mass is 10.1. The SMILES string of the molecule is CC(O)c1ccc(CNC(=O)NCCCC(=O)O)cc1. The largest absolute Gasteiger partial charge is 0.481 e. The molecule has 6 heteroatoms. The van der Waals surface area contributed by atoms with Crippen molar-refractivity contribution in [1.82, 2.24) is 10.6 Å². The summed E-state index contributed by atoms with van der Waals surface area (Å²) in [6.45, 7) is 2.40. The summed E-state index contributed by atoms with van der Waals surface area (Å²) in [4.78, 5) is 21.7. The van der Waals surface area contributed by atoms with E-state index in [9.17, 15) is 14.7 Å². The molecule has 0 aliphatic rings. The minimum absolute atomic E-state index is 0.0427. The molecule has 6 nitrogen and oxygen atoms in total. The van der Waals surface area contributed by atoms with Crippen molar-refractivity contribution in [3.8, 4) is 0 Å². The van der Waals surface area contributed by atoms with Crippen molar-refractivity contribution < 1.29 is 19.8 Å². The van der Waals surface area contributed by atoms with E-state index in [0.717, 1.165) is 11.1 Å². The number of hydrogen-bond acceptors (Lipinski definition) is 3. The zero-order valence-corrected chi connectivity index (χ0v) is 11.4. The lowest BCUT2D eigenvalue weighted by Crippen LogP contribution is -2.35. The maximum Gasteiger partial charge on any atom is 0.315 e. The Balaban J connectivity index is 2.25. The van der Waals surface area contributed by atoms with Crippen LogP contribution in [0.3, 0.4) is 0 Å². The average Bonchev–Trinajstić information content (AvgIpc) is 2.41. The fraction of sp³-hybridized carbons (Fsp3) is 0.429. The Labute approximate surface area is 117 Å². The normalized spacial score (nSPS) is 11.7. The van der Waals surface area contributed by atoms with E-state index in [-0.39, 0.29) is 12.5 Å². The maximum absolute atomic E-state index is 11.4. The van der Waals surface area contributed by atoms with Crippen LogP contribution in [0.2, 0.25) is 0 Å². The molecule has 0 aromatic heterocycles. The average molecular weight is 280 g/mol. The van der Waals surface area contributed by atoms with Gasteiger partial charge < -0.3 is 20.8 Å². The van der Waals surface area contributed by atoms with Gasteiger partial charge in [-0.15, -0.1) is 0 Å². The summed E-state index contributed by atoms with van der Waals surface area (Å²) in [6.07, 6.45) is -0.0537. The molecule has 1 rings (SSSR count). The topological polar surface area (TPSA) is 98.7 Å². The van der Waals surface area contributed by atoms with E-state index in [0.29, 0.717) is 19.5 Å². The number of rotatable bonds is 7. The summed E-state index contributed by atoms with van der Waals surface area (Å²) in [5.41, 5.74) is 1.75. The predicted octanol–water partition coefficient (Wildman–Crippen LogP) is 1.40. The van der Waals surface area contributed by atoms with Gasteiger partial charge in [0.1, 0.15) is 0 Å². The Morgan fingerprint density at radius 1 is 1.20 bits per heavy atom. The first kappa shape index (κ1) is 16.0. The molecule has 1 atom stereocenters. The highest BCUT2D eigenvalue weighted by Gasteiger charge is 2.03. The molecular weight excluding hydrogens is 260 g/mol. The second-order valence-electron chi connectivity index (χ2n) is 4.52. The number of carboxylic acids is 1. The summed E-state index contributed by atoms with van der Waals surface area (Å²) in [6, 6.07) is 6.98. The number of amides is 2. The number of aliphatic hydroxyl groups is 1. The molecule has 0 aliphatic carbocycles. The predicted molar refractivity (Wildman–Crippen MR) is 74.2 cm³/mol. The van der Waals surface area contributed by atoms with Crippen molar-refractivity contribution in [2.75, 3.05) is 6.54 Å². The van der Waals surface area contributed by atoms with Crippen LogP contribution in [0.15, 0.2) is 24.3 Å². The molecule has 110 valence electrons. The summed E-state index contributed by atoms with van der Waals surface area (Å²) in [5.74, 6) is -0.870. The van der Waals surface area contributed by atoms with Crippen LogP contribution < -0.4 is 10.6 Å². The number of carbonyl (C=O) groups is 2. The molecule has 1 aromatic carbocycles. The molecule has 1 unspecified atom stereocenters. The van der Waals surface area contributed by atoms with Gasteiger partial charge in [0, 0.05) is 19.5 Å². The van der Waals surface area contributed by atoms with Gasteiger partial charge in [0.15, 0.2) is 0 Å². The Kier molecular flexibility index (Phi) is 6.52. The zero-order valence-electron chi connectivity index (χ0n) is 11.4. The number of nitrogens with one attached hydrogen (secondary N) is 2. The van der Waals surface area contributed by atoms with Crippen LogP contribution in [0.5, 0.6) is 0 Å². The molecule has 20 heavy (non-hydrogen) atoms. The van der Waals surface area contributed by atoms with Gasteiger partial charge in [0.05, 0.1) is 6.10 Å².